The average molecular weight is 317 g/mol. The number of hydrogen-bond donors (Lipinski definition) is 1. The molecule has 0 bridgehead atoms. The molecule has 1 rings (SSSR count). The lowest BCUT2D eigenvalue weighted by atomic mass is 10.1. The van der Waals surface area contributed by atoms with E-state index < -0.39 is 9.84 Å². The fourth-order valence-corrected chi connectivity index (χ4v) is 3.42. The quantitative estimate of drug-likeness (QED) is 0.733. The van der Waals surface area contributed by atoms with Crippen LogP contribution >= 0.6 is 0 Å². The molecule has 21 heavy (non-hydrogen) atoms. The number of nitrogens with one attached hydrogen (secondary N) is 1. The van der Waals surface area contributed by atoms with E-state index in [0.717, 1.165) is 5.56 Å². The van der Waals surface area contributed by atoms with E-state index in [1.165, 1.54) is 7.11 Å². The lowest BCUT2D eigenvalue weighted by molar-refractivity contribution is 0.217. The summed E-state index contributed by atoms with van der Waals surface area (Å²) >= 11 is 0. The first kappa shape index (κ1) is 17.7. The molecule has 6 nitrogen and oxygen atoms in total. The van der Waals surface area contributed by atoms with Crippen molar-refractivity contribution in [3.8, 4) is 11.5 Å². The smallest absolute Gasteiger partial charge is 0.161 e. The van der Waals surface area contributed by atoms with E-state index >= 15 is 0 Å². The van der Waals surface area contributed by atoms with Gasteiger partial charge in [0.05, 0.1) is 32.3 Å². The Bertz CT molecular complexity index is 544. The van der Waals surface area contributed by atoms with Gasteiger partial charge >= 0.3 is 0 Å². The molecule has 0 heterocycles. The Morgan fingerprint density at radius 2 is 1.81 bits per heavy atom. The number of rotatable bonds is 9. The van der Waals surface area contributed by atoms with E-state index in [1.807, 2.05) is 6.07 Å². The van der Waals surface area contributed by atoms with Gasteiger partial charge in [0.1, 0.15) is 0 Å². The molecule has 7 heteroatoms. The standard InChI is InChI=1S/C14H23NO5S/c1-15-12(10-21(16,17)8-7-18-2)11-5-6-13(19-3)14(9-11)20-4/h5-6,9,12,15H,7-8,10H2,1-4H3. The third-order valence-corrected chi connectivity index (χ3v) is 4.81. The second-order valence-corrected chi connectivity index (χ2v) is 6.79. The summed E-state index contributed by atoms with van der Waals surface area (Å²) in [7, 11) is 3.12. The van der Waals surface area contributed by atoms with E-state index in [4.69, 9.17) is 14.2 Å². The third-order valence-electron chi connectivity index (χ3n) is 3.18. The molecule has 1 unspecified atom stereocenters. The summed E-state index contributed by atoms with van der Waals surface area (Å²) < 4.78 is 39.3. The van der Waals surface area contributed by atoms with Crippen LogP contribution in [0, 0.1) is 0 Å². The first-order valence-corrected chi connectivity index (χ1v) is 8.38. The Labute approximate surface area is 126 Å². The highest BCUT2D eigenvalue weighted by Crippen LogP contribution is 2.30. The maximum Gasteiger partial charge on any atom is 0.161 e. The van der Waals surface area contributed by atoms with Gasteiger partial charge in [0, 0.05) is 13.2 Å². The van der Waals surface area contributed by atoms with Gasteiger partial charge in [-0.25, -0.2) is 8.42 Å². The van der Waals surface area contributed by atoms with E-state index in [2.05, 4.69) is 5.32 Å². The maximum atomic E-state index is 12.0. The molecule has 0 aliphatic carbocycles. The molecule has 1 N–H and O–H groups in total. The van der Waals surface area contributed by atoms with Crippen LogP contribution in [0.1, 0.15) is 11.6 Å². The largest absolute Gasteiger partial charge is 0.493 e. The summed E-state index contributed by atoms with van der Waals surface area (Å²) in [6.45, 7) is 0.199. The van der Waals surface area contributed by atoms with Gasteiger partial charge in [0.15, 0.2) is 21.3 Å². The van der Waals surface area contributed by atoms with Crippen molar-refractivity contribution in [2.24, 2.45) is 0 Å². The van der Waals surface area contributed by atoms with Crippen molar-refractivity contribution in [1.29, 1.82) is 0 Å². The average Bonchev–Trinajstić information content (AvgIpc) is 2.50. The summed E-state index contributed by atoms with van der Waals surface area (Å²) in [6.07, 6.45) is 0. The Morgan fingerprint density at radius 3 is 2.33 bits per heavy atom. The normalized spacial score (nSPS) is 13.0. The lowest BCUT2D eigenvalue weighted by Gasteiger charge is -2.18. The van der Waals surface area contributed by atoms with Crippen molar-refractivity contribution in [2.45, 2.75) is 6.04 Å². The highest BCUT2D eigenvalue weighted by atomic mass is 32.2. The zero-order valence-electron chi connectivity index (χ0n) is 12.9. The van der Waals surface area contributed by atoms with Crippen LogP contribution in [0.4, 0.5) is 0 Å². The van der Waals surface area contributed by atoms with E-state index in [-0.39, 0.29) is 24.2 Å². The van der Waals surface area contributed by atoms with Crippen molar-refractivity contribution in [2.75, 3.05) is 46.5 Å². The first-order valence-electron chi connectivity index (χ1n) is 6.56. The van der Waals surface area contributed by atoms with Crippen LogP contribution in [0.2, 0.25) is 0 Å². The summed E-state index contributed by atoms with van der Waals surface area (Å²) in [5.74, 6) is 1.19. The molecule has 1 aromatic carbocycles. The van der Waals surface area contributed by atoms with Crippen LogP contribution in [-0.4, -0.2) is 54.9 Å². The summed E-state index contributed by atoms with van der Waals surface area (Å²) in [4.78, 5) is 0. The van der Waals surface area contributed by atoms with E-state index in [9.17, 15) is 8.42 Å². The van der Waals surface area contributed by atoms with Gasteiger partial charge < -0.3 is 19.5 Å². The van der Waals surface area contributed by atoms with Crippen LogP contribution in [0.15, 0.2) is 18.2 Å². The van der Waals surface area contributed by atoms with Crippen molar-refractivity contribution in [3.63, 3.8) is 0 Å². The maximum absolute atomic E-state index is 12.0. The Balaban J connectivity index is 2.95. The third kappa shape index (κ3) is 5.18. The van der Waals surface area contributed by atoms with E-state index in [1.54, 1.807) is 33.4 Å². The molecule has 0 saturated carbocycles. The summed E-state index contributed by atoms with van der Waals surface area (Å²) in [6, 6.07) is 5.06. The highest BCUT2D eigenvalue weighted by molar-refractivity contribution is 7.91. The molecular formula is C14H23NO5S. The van der Waals surface area contributed by atoms with E-state index in [0.29, 0.717) is 11.5 Å². The van der Waals surface area contributed by atoms with Gasteiger partial charge in [-0.1, -0.05) is 6.07 Å². The fraction of sp³-hybridized carbons (Fsp3) is 0.571. The zero-order chi connectivity index (χ0) is 15.9. The highest BCUT2D eigenvalue weighted by Gasteiger charge is 2.20. The molecule has 0 aliphatic heterocycles. The van der Waals surface area contributed by atoms with Crippen molar-refractivity contribution < 1.29 is 22.6 Å². The zero-order valence-corrected chi connectivity index (χ0v) is 13.7. The van der Waals surface area contributed by atoms with Gasteiger partial charge in [-0.2, -0.15) is 0 Å². The number of benzene rings is 1. The molecule has 1 aromatic rings. The number of sulfone groups is 1. The van der Waals surface area contributed by atoms with Crippen LogP contribution < -0.4 is 14.8 Å². The van der Waals surface area contributed by atoms with Gasteiger partial charge in [0.2, 0.25) is 0 Å². The van der Waals surface area contributed by atoms with Crippen LogP contribution in [-0.2, 0) is 14.6 Å². The van der Waals surface area contributed by atoms with Crippen LogP contribution in [0.5, 0.6) is 11.5 Å². The SMILES string of the molecule is CNC(CS(=O)(=O)CCOC)c1ccc(OC)c(OC)c1. The minimum Gasteiger partial charge on any atom is -0.493 e. The predicted octanol–water partition coefficient (Wildman–Crippen LogP) is 1.03. The Kier molecular flexibility index (Phi) is 6.94. The second-order valence-electron chi connectivity index (χ2n) is 4.56. The molecule has 0 radical (unpaired) electrons. The molecule has 0 aromatic heterocycles. The monoisotopic (exact) mass is 317 g/mol. The predicted molar refractivity (Wildman–Crippen MR) is 81.9 cm³/mol. The summed E-state index contributed by atoms with van der Waals surface area (Å²) in [5.41, 5.74) is 0.830. The first-order chi connectivity index (χ1) is 9.97. The molecular weight excluding hydrogens is 294 g/mol. The van der Waals surface area contributed by atoms with Crippen LogP contribution in [0.3, 0.4) is 0 Å². The van der Waals surface area contributed by atoms with Crippen molar-refractivity contribution >= 4 is 9.84 Å². The van der Waals surface area contributed by atoms with Gasteiger partial charge in [0.25, 0.3) is 0 Å². The molecule has 0 fully saturated rings. The van der Waals surface area contributed by atoms with Crippen molar-refractivity contribution in [3.05, 3.63) is 23.8 Å². The topological polar surface area (TPSA) is 73.9 Å². The molecule has 0 spiro atoms. The number of ether oxygens (including phenoxy) is 3. The van der Waals surface area contributed by atoms with Gasteiger partial charge in [-0.15, -0.1) is 0 Å². The van der Waals surface area contributed by atoms with Crippen molar-refractivity contribution in [1.82, 2.24) is 5.32 Å². The molecule has 0 aliphatic rings. The van der Waals surface area contributed by atoms with Gasteiger partial charge in [-0.05, 0) is 24.7 Å². The van der Waals surface area contributed by atoms with Gasteiger partial charge in [-0.3, -0.25) is 0 Å². The number of methoxy groups -OCH3 is 3. The number of hydrogen-bond acceptors (Lipinski definition) is 6. The molecule has 120 valence electrons. The Hall–Kier alpha value is -1.31. The molecule has 1 atom stereocenters. The fourth-order valence-electron chi connectivity index (χ4n) is 1.96. The molecule has 0 amide bonds. The lowest BCUT2D eigenvalue weighted by Crippen LogP contribution is -2.27. The minimum absolute atomic E-state index is 0.00232. The minimum atomic E-state index is -3.20. The Morgan fingerprint density at radius 1 is 1.14 bits per heavy atom. The van der Waals surface area contributed by atoms with Crippen LogP contribution in [0.25, 0.3) is 0 Å². The molecule has 0 saturated heterocycles. The summed E-state index contributed by atoms with van der Waals surface area (Å²) in [5, 5.41) is 3.02. The second kappa shape index (κ2) is 8.21.